The lowest BCUT2D eigenvalue weighted by molar-refractivity contribution is 0.899. The highest BCUT2D eigenvalue weighted by atomic mass is 15.0. The largest absolute Gasteiger partial charge is 0.313 e. The molecule has 0 saturated carbocycles. The first kappa shape index (κ1) is 21.1. The van der Waals surface area contributed by atoms with Gasteiger partial charge in [-0.15, -0.1) is 0 Å². The number of allylic oxidation sites excluding steroid dienone is 4. The van der Waals surface area contributed by atoms with Gasteiger partial charge in [0.25, 0.3) is 0 Å². The molecule has 0 amide bonds. The molecule has 184 valence electrons. The molecule has 0 radical (unpaired) electrons. The van der Waals surface area contributed by atoms with Gasteiger partial charge in [0.15, 0.2) is 0 Å². The third-order valence-corrected chi connectivity index (χ3v) is 8.71. The van der Waals surface area contributed by atoms with Crippen molar-refractivity contribution < 1.29 is 0 Å². The van der Waals surface area contributed by atoms with Gasteiger partial charge >= 0.3 is 0 Å². The second-order valence-electron chi connectivity index (χ2n) is 10.8. The summed E-state index contributed by atoms with van der Waals surface area (Å²) >= 11 is 0. The third-order valence-electron chi connectivity index (χ3n) is 8.71. The zero-order chi connectivity index (χ0) is 25.5. The molecule has 7 aromatic rings. The average molecular weight is 500 g/mol. The topological polar surface area (TPSA) is 22.8 Å². The maximum absolute atomic E-state index is 5.04. The smallest absolute Gasteiger partial charge is 0.0651 e. The van der Waals surface area contributed by atoms with Crippen LogP contribution in [0.2, 0.25) is 0 Å². The fourth-order valence-electron chi connectivity index (χ4n) is 7.00. The summed E-state index contributed by atoms with van der Waals surface area (Å²) in [6.45, 7) is 0. The number of hydrogen-bond acceptors (Lipinski definition) is 1. The first-order chi connectivity index (χ1) is 19.3. The minimum absolute atomic E-state index is 0.953. The number of benzene rings is 4. The Morgan fingerprint density at radius 1 is 0.564 bits per heavy atom. The molecule has 0 N–H and O–H groups in total. The second-order valence-corrected chi connectivity index (χ2v) is 10.8. The Kier molecular flexibility index (Phi) is 4.22. The van der Waals surface area contributed by atoms with Crippen molar-refractivity contribution in [1.82, 2.24) is 14.1 Å². The zero-order valence-electron chi connectivity index (χ0n) is 21.4. The van der Waals surface area contributed by atoms with Gasteiger partial charge in [-0.25, -0.2) is 0 Å². The van der Waals surface area contributed by atoms with Gasteiger partial charge in [0.1, 0.15) is 0 Å². The van der Waals surface area contributed by atoms with Crippen molar-refractivity contribution in [2.75, 3.05) is 0 Å². The number of para-hydroxylation sites is 4. The molecular weight excluding hydrogens is 474 g/mol. The van der Waals surface area contributed by atoms with Gasteiger partial charge in [0, 0.05) is 39.2 Å². The Hall–Kier alpha value is -4.89. The Morgan fingerprint density at radius 3 is 1.64 bits per heavy atom. The van der Waals surface area contributed by atoms with Crippen molar-refractivity contribution in [2.45, 2.75) is 19.3 Å². The number of nitrogens with zero attached hydrogens (tertiary/aromatic N) is 3. The van der Waals surface area contributed by atoms with Crippen LogP contribution < -0.4 is 0 Å². The SMILES string of the molecule is C1=C(n2c3ccccc3c3ccccc32)CCC2=C1c1cc(-n3c4ccccc4c4ccccc43)cnc1C2. The molecule has 3 aromatic heterocycles. The van der Waals surface area contributed by atoms with E-state index in [1.165, 1.54) is 71.7 Å². The molecule has 0 unspecified atom stereocenters. The van der Waals surface area contributed by atoms with Gasteiger partial charge < -0.3 is 9.13 Å². The van der Waals surface area contributed by atoms with Crippen molar-refractivity contribution in [2.24, 2.45) is 0 Å². The van der Waals surface area contributed by atoms with Crippen LogP contribution in [0.15, 0.2) is 121 Å². The summed E-state index contributed by atoms with van der Waals surface area (Å²) in [7, 11) is 0. The Morgan fingerprint density at radius 2 is 1.08 bits per heavy atom. The van der Waals surface area contributed by atoms with E-state index in [2.05, 4.69) is 125 Å². The number of hydrogen-bond donors (Lipinski definition) is 0. The highest BCUT2D eigenvalue weighted by Gasteiger charge is 2.27. The van der Waals surface area contributed by atoms with Crippen LogP contribution in [0.1, 0.15) is 24.1 Å². The fraction of sp³-hybridized carbons (Fsp3) is 0.0833. The molecule has 4 aromatic carbocycles. The molecular formula is C36H25N3. The van der Waals surface area contributed by atoms with E-state index in [1.807, 2.05) is 0 Å². The molecule has 3 heterocycles. The molecule has 3 nitrogen and oxygen atoms in total. The van der Waals surface area contributed by atoms with E-state index in [-0.39, 0.29) is 0 Å². The summed E-state index contributed by atoms with van der Waals surface area (Å²) in [5.41, 5.74) is 12.8. The van der Waals surface area contributed by atoms with E-state index < -0.39 is 0 Å². The van der Waals surface area contributed by atoms with Gasteiger partial charge in [-0.3, -0.25) is 4.98 Å². The molecule has 9 rings (SSSR count). The predicted molar refractivity (Wildman–Crippen MR) is 162 cm³/mol. The van der Waals surface area contributed by atoms with Gasteiger partial charge in [-0.2, -0.15) is 0 Å². The predicted octanol–water partition coefficient (Wildman–Crippen LogP) is 8.93. The van der Waals surface area contributed by atoms with Crippen LogP contribution in [0.25, 0.3) is 60.6 Å². The molecule has 0 aliphatic heterocycles. The Labute approximate surface area is 225 Å². The maximum Gasteiger partial charge on any atom is 0.0651 e. The van der Waals surface area contributed by atoms with Crippen molar-refractivity contribution in [3.8, 4) is 5.69 Å². The summed E-state index contributed by atoms with van der Waals surface area (Å²) in [6, 6.07) is 37.3. The van der Waals surface area contributed by atoms with E-state index in [9.17, 15) is 0 Å². The minimum Gasteiger partial charge on any atom is -0.313 e. The van der Waals surface area contributed by atoms with Crippen LogP contribution in [0, 0.1) is 0 Å². The van der Waals surface area contributed by atoms with E-state index in [0.717, 1.165) is 24.9 Å². The molecule has 0 saturated heterocycles. The fourth-order valence-corrected chi connectivity index (χ4v) is 7.00. The van der Waals surface area contributed by atoms with Gasteiger partial charge in [-0.05, 0) is 54.8 Å². The van der Waals surface area contributed by atoms with Crippen LogP contribution in [0.3, 0.4) is 0 Å². The molecule has 0 spiro atoms. The van der Waals surface area contributed by atoms with E-state index in [1.54, 1.807) is 0 Å². The van der Waals surface area contributed by atoms with Crippen molar-refractivity contribution in [3.63, 3.8) is 0 Å². The maximum atomic E-state index is 5.04. The van der Waals surface area contributed by atoms with Crippen molar-refractivity contribution in [3.05, 3.63) is 132 Å². The summed E-state index contributed by atoms with van der Waals surface area (Å²) in [5, 5.41) is 5.19. The lowest BCUT2D eigenvalue weighted by Crippen LogP contribution is -2.03. The van der Waals surface area contributed by atoms with Gasteiger partial charge in [0.2, 0.25) is 0 Å². The van der Waals surface area contributed by atoms with Crippen LogP contribution in [-0.4, -0.2) is 14.1 Å². The normalized spacial score (nSPS) is 14.9. The summed E-state index contributed by atoms with van der Waals surface area (Å²) in [5.74, 6) is 0. The number of fused-ring (bicyclic) bond motifs is 8. The van der Waals surface area contributed by atoms with E-state index in [4.69, 9.17) is 4.98 Å². The Balaban J connectivity index is 1.24. The molecule has 0 atom stereocenters. The third kappa shape index (κ3) is 2.90. The number of pyridine rings is 1. The first-order valence-corrected chi connectivity index (χ1v) is 13.7. The quantitative estimate of drug-likeness (QED) is 0.233. The molecule has 3 heteroatoms. The molecule has 2 aliphatic rings. The summed E-state index contributed by atoms with van der Waals surface area (Å²) < 4.78 is 4.85. The van der Waals surface area contributed by atoms with Crippen LogP contribution in [0.5, 0.6) is 0 Å². The van der Waals surface area contributed by atoms with Gasteiger partial charge in [-0.1, -0.05) is 78.4 Å². The van der Waals surface area contributed by atoms with Gasteiger partial charge in [0.05, 0.1) is 39.6 Å². The molecule has 0 fully saturated rings. The van der Waals surface area contributed by atoms with Crippen LogP contribution in [-0.2, 0) is 6.42 Å². The number of aromatic nitrogens is 3. The van der Waals surface area contributed by atoms with E-state index >= 15 is 0 Å². The highest BCUT2D eigenvalue weighted by molar-refractivity contribution is 6.11. The lowest BCUT2D eigenvalue weighted by Gasteiger charge is -2.19. The Bertz CT molecular complexity index is 2100. The highest BCUT2D eigenvalue weighted by Crippen LogP contribution is 2.44. The lowest BCUT2D eigenvalue weighted by atomic mass is 9.95. The van der Waals surface area contributed by atoms with Crippen molar-refractivity contribution in [1.29, 1.82) is 0 Å². The van der Waals surface area contributed by atoms with E-state index in [0.29, 0.717) is 0 Å². The van der Waals surface area contributed by atoms with Crippen molar-refractivity contribution >= 4 is 54.9 Å². The van der Waals surface area contributed by atoms with Crippen LogP contribution >= 0.6 is 0 Å². The van der Waals surface area contributed by atoms with Crippen LogP contribution in [0.4, 0.5) is 0 Å². The first-order valence-electron chi connectivity index (χ1n) is 13.7. The second kappa shape index (κ2) is 7.81. The summed E-state index contributed by atoms with van der Waals surface area (Å²) in [4.78, 5) is 5.04. The average Bonchev–Trinajstić information content (AvgIpc) is 3.64. The molecule has 39 heavy (non-hydrogen) atoms. The molecule has 0 bridgehead atoms. The minimum atomic E-state index is 0.953. The molecule has 2 aliphatic carbocycles. The standard InChI is InChI=1S/C36H25N3/c1-5-13-33-26(9-1)27-10-2-6-14-34(27)38(33)24-18-17-23-19-32-31(30(23)20-24)21-25(22-37-32)39-35-15-7-3-11-28(35)29-12-4-8-16-36(29)39/h1-16,20-22H,17-19H2. The zero-order valence-corrected chi connectivity index (χ0v) is 21.4. The monoisotopic (exact) mass is 499 g/mol. The number of rotatable bonds is 2. The summed E-state index contributed by atoms with van der Waals surface area (Å²) in [6.07, 6.45) is 7.57.